The van der Waals surface area contributed by atoms with Gasteiger partial charge in [0.2, 0.25) is 0 Å². The number of rotatable bonds is 6. The van der Waals surface area contributed by atoms with Gasteiger partial charge in [-0.15, -0.1) is 0 Å². The molecule has 0 saturated heterocycles. The van der Waals surface area contributed by atoms with Crippen LogP contribution in [0.25, 0.3) is 0 Å². The van der Waals surface area contributed by atoms with Crippen molar-refractivity contribution in [1.82, 2.24) is 0 Å². The van der Waals surface area contributed by atoms with Crippen molar-refractivity contribution in [1.29, 1.82) is 0 Å². The normalized spacial score (nSPS) is 11.7. The summed E-state index contributed by atoms with van der Waals surface area (Å²) in [5.74, 6) is 1.10. The van der Waals surface area contributed by atoms with Crippen molar-refractivity contribution in [2.75, 3.05) is 12.4 Å². The maximum Gasteiger partial charge on any atom is 0.259 e. The highest BCUT2D eigenvalue weighted by molar-refractivity contribution is 9.10. The molecule has 0 fully saturated rings. The highest BCUT2D eigenvalue weighted by atomic mass is 79.9. The lowest BCUT2D eigenvalue weighted by atomic mass is 10.2. The summed E-state index contributed by atoms with van der Waals surface area (Å²) in [5, 5.41) is 2.86. The molecule has 0 aliphatic heterocycles. The smallest absolute Gasteiger partial charge is 0.259 e. The summed E-state index contributed by atoms with van der Waals surface area (Å²) in [6.07, 6.45) is 1.11. The van der Waals surface area contributed by atoms with Crippen molar-refractivity contribution in [3.8, 4) is 11.5 Å². The lowest BCUT2D eigenvalue weighted by Gasteiger charge is -2.13. The number of carbonyl (C=O) groups is 1. The molecule has 0 aliphatic rings. The molecule has 0 saturated carbocycles. The Labute approximate surface area is 144 Å². The number of nitrogens with one attached hydrogen (secondary N) is 1. The molecule has 1 amide bonds. The van der Waals surface area contributed by atoms with Crippen LogP contribution in [0.4, 0.5) is 5.69 Å². The summed E-state index contributed by atoms with van der Waals surface area (Å²) >= 11 is 3.37. The van der Waals surface area contributed by atoms with Crippen molar-refractivity contribution in [2.24, 2.45) is 0 Å². The molecule has 23 heavy (non-hydrogen) atoms. The van der Waals surface area contributed by atoms with E-state index in [0.717, 1.165) is 16.6 Å². The van der Waals surface area contributed by atoms with Gasteiger partial charge in [0.05, 0.1) is 18.8 Å². The Kier molecular flexibility index (Phi) is 6.04. The molecule has 0 radical (unpaired) electrons. The van der Waals surface area contributed by atoms with Gasteiger partial charge in [-0.3, -0.25) is 4.79 Å². The van der Waals surface area contributed by atoms with Crippen molar-refractivity contribution in [3.63, 3.8) is 0 Å². The van der Waals surface area contributed by atoms with Gasteiger partial charge in [0.1, 0.15) is 11.5 Å². The van der Waals surface area contributed by atoms with Crippen LogP contribution in [0.1, 0.15) is 30.6 Å². The first-order chi connectivity index (χ1) is 11.0. The van der Waals surface area contributed by atoms with Crippen molar-refractivity contribution >= 4 is 27.5 Å². The standard InChI is InChI=1S/C18H20BrNO3/c1-4-12(2)23-15-8-6-14(7-9-15)20-18(21)16-11-13(19)5-10-17(16)22-3/h5-12H,4H2,1-3H3,(H,20,21). The third kappa shape index (κ3) is 4.73. The molecule has 1 N–H and O–H groups in total. The summed E-state index contributed by atoms with van der Waals surface area (Å²) in [6.45, 7) is 4.10. The number of ether oxygens (including phenoxy) is 2. The molecule has 1 unspecified atom stereocenters. The molecule has 0 heterocycles. The predicted molar refractivity (Wildman–Crippen MR) is 95.5 cm³/mol. The van der Waals surface area contributed by atoms with E-state index in [-0.39, 0.29) is 12.0 Å². The lowest BCUT2D eigenvalue weighted by molar-refractivity contribution is 0.102. The third-order valence-corrected chi connectivity index (χ3v) is 3.92. The Bertz CT molecular complexity index is 670. The van der Waals surface area contributed by atoms with E-state index in [1.54, 1.807) is 19.2 Å². The fourth-order valence-corrected chi connectivity index (χ4v) is 2.35. The van der Waals surface area contributed by atoms with E-state index in [4.69, 9.17) is 9.47 Å². The number of hydrogen-bond acceptors (Lipinski definition) is 3. The van der Waals surface area contributed by atoms with Crippen molar-refractivity contribution in [3.05, 3.63) is 52.5 Å². The molecule has 5 heteroatoms. The molecule has 0 aromatic heterocycles. The molecule has 2 rings (SSSR count). The monoisotopic (exact) mass is 377 g/mol. The molecule has 0 bridgehead atoms. The highest BCUT2D eigenvalue weighted by Crippen LogP contribution is 2.24. The number of hydrogen-bond donors (Lipinski definition) is 1. The van der Waals surface area contributed by atoms with Gasteiger partial charge in [0, 0.05) is 10.2 Å². The van der Waals surface area contributed by atoms with E-state index in [0.29, 0.717) is 17.0 Å². The van der Waals surface area contributed by atoms with Crippen LogP contribution in [0.15, 0.2) is 46.9 Å². The van der Waals surface area contributed by atoms with Gasteiger partial charge < -0.3 is 14.8 Å². The first-order valence-electron chi connectivity index (χ1n) is 7.45. The number of halogens is 1. The Hall–Kier alpha value is -2.01. The second kappa shape index (κ2) is 8.02. The highest BCUT2D eigenvalue weighted by Gasteiger charge is 2.13. The minimum Gasteiger partial charge on any atom is -0.496 e. The van der Waals surface area contributed by atoms with Gasteiger partial charge in [-0.2, -0.15) is 0 Å². The maximum absolute atomic E-state index is 12.4. The largest absolute Gasteiger partial charge is 0.496 e. The fraction of sp³-hybridized carbons (Fsp3) is 0.278. The molecule has 122 valence electrons. The molecular formula is C18H20BrNO3. The SMILES string of the molecule is CCC(C)Oc1ccc(NC(=O)c2cc(Br)ccc2OC)cc1. The topological polar surface area (TPSA) is 47.6 Å². The van der Waals surface area contributed by atoms with Gasteiger partial charge in [0.25, 0.3) is 5.91 Å². The van der Waals surface area contributed by atoms with Gasteiger partial charge in [-0.05, 0) is 55.8 Å². The third-order valence-electron chi connectivity index (χ3n) is 3.43. The molecule has 0 spiro atoms. The van der Waals surface area contributed by atoms with Crippen LogP contribution < -0.4 is 14.8 Å². The van der Waals surface area contributed by atoms with Crippen molar-refractivity contribution in [2.45, 2.75) is 26.4 Å². The van der Waals surface area contributed by atoms with Crippen molar-refractivity contribution < 1.29 is 14.3 Å². The average Bonchev–Trinajstić information content (AvgIpc) is 2.56. The predicted octanol–water partition coefficient (Wildman–Crippen LogP) is 4.89. The first kappa shape index (κ1) is 17.3. The van der Waals surface area contributed by atoms with Gasteiger partial charge >= 0.3 is 0 Å². The Morgan fingerprint density at radius 3 is 2.52 bits per heavy atom. The lowest BCUT2D eigenvalue weighted by Crippen LogP contribution is -2.13. The summed E-state index contributed by atoms with van der Waals surface area (Å²) < 4.78 is 11.8. The van der Waals surface area contributed by atoms with Gasteiger partial charge in [-0.1, -0.05) is 22.9 Å². The van der Waals surface area contributed by atoms with Crippen LogP contribution in [0, 0.1) is 0 Å². The number of benzene rings is 2. The molecule has 1 atom stereocenters. The Morgan fingerprint density at radius 1 is 1.22 bits per heavy atom. The second-order valence-electron chi connectivity index (χ2n) is 5.16. The quantitative estimate of drug-likeness (QED) is 0.779. The number of methoxy groups -OCH3 is 1. The van der Waals surface area contributed by atoms with Gasteiger partial charge in [0.15, 0.2) is 0 Å². The average molecular weight is 378 g/mol. The number of anilines is 1. The van der Waals surface area contributed by atoms with Gasteiger partial charge in [-0.25, -0.2) is 0 Å². The molecule has 4 nitrogen and oxygen atoms in total. The maximum atomic E-state index is 12.4. The second-order valence-corrected chi connectivity index (χ2v) is 6.08. The first-order valence-corrected chi connectivity index (χ1v) is 8.24. The van der Waals surface area contributed by atoms with Crippen LogP contribution in [0.5, 0.6) is 11.5 Å². The molecule has 2 aromatic rings. The number of amides is 1. The minimum atomic E-state index is -0.223. The van der Waals surface area contributed by atoms with E-state index in [9.17, 15) is 4.79 Å². The summed E-state index contributed by atoms with van der Waals surface area (Å²) in [5.41, 5.74) is 1.18. The van der Waals surface area contributed by atoms with Crippen LogP contribution in [0.2, 0.25) is 0 Å². The van der Waals surface area contributed by atoms with Crippen LogP contribution in [0.3, 0.4) is 0 Å². The summed E-state index contributed by atoms with van der Waals surface area (Å²) in [4.78, 5) is 12.4. The van der Waals surface area contributed by atoms with Crippen LogP contribution in [-0.4, -0.2) is 19.1 Å². The van der Waals surface area contributed by atoms with E-state index in [2.05, 4.69) is 28.2 Å². The summed E-state index contributed by atoms with van der Waals surface area (Å²) in [7, 11) is 1.54. The molecule has 0 aliphatic carbocycles. The van der Waals surface area contributed by atoms with E-state index >= 15 is 0 Å². The van der Waals surface area contributed by atoms with Crippen LogP contribution >= 0.6 is 15.9 Å². The minimum absolute atomic E-state index is 0.168. The van der Waals surface area contributed by atoms with E-state index in [1.807, 2.05) is 37.3 Å². The molecule has 2 aromatic carbocycles. The zero-order valence-corrected chi connectivity index (χ0v) is 15.0. The van der Waals surface area contributed by atoms with Crippen LogP contribution in [-0.2, 0) is 0 Å². The number of carbonyl (C=O) groups excluding carboxylic acids is 1. The summed E-state index contributed by atoms with van der Waals surface area (Å²) in [6, 6.07) is 12.6. The molecular weight excluding hydrogens is 358 g/mol. The Morgan fingerprint density at radius 2 is 1.91 bits per heavy atom. The fourth-order valence-electron chi connectivity index (χ4n) is 1.99. The van der Waals surface area contributed by atoms with E-state index < -0.39 is 0 Å². The van der Waals surface area contributed by atoms with E-state index in [1.165, 1.54) is 0 Å². The zero-order valence-electron chi connectivity index (χ0n) is 13.4. The zero-order chi connectivity index (χ0) is 16.8. The Balaban J connectivity index is 2.10.